The summed E-state index contributed by atoms with van der Waals surface area (Å²) in [5, 5.41) is 2.58. The van der Waals surface area contributed by atoms with E-state index in [0.717, 1.165) is 6.42 Å². The number of nitrogens with zero attached hydrogens (tertiary/aromatic N) is 1. The van der Waals surface area contributed by atoms with E-state index in [9.17, 15) is 14.4 Å². The lowest BCUT2D eigenvalue weighted by Crippen LogP contribution is -2.44. The smallest absolute Gasteiger partial charge is 0.329 e. The Kier molecular flexibility index (Phi) is 5.53. The van der Waals surface area contributed by atoms with Crippen molar-refractivity contribution in [1.82, 2.24) is 10.2 Å². The van der Waals surface area contributed by atoms with Gasteiger partial charge in [0.05, 0.1) is 0 Å². The molecule has 1 fully saturated rings. The standard InChI is InChI=1S/C14H24N2O4/c1-10(17)15-8-7-12(18)16-9-5-6-11(16)13(19)20-14(2,3)4/h11H,5-9H2,1-4H3,(H,15,17)/t11-/m0/s1. The Balaban J connectivity index is 2.53. The van der Waals surface area contributed by atoms with Gasteiger partial charge < -0.3 is 15.0 Å². The van der Waals surface area contributed by atoms with Crippen molar-refractivity contribution in [2.75, 3.05) is 13.1 Å². The average Bonchev–Trinajstić information content (AvgIpc) is 2.74. The fraction of sp³-hybridized carbons (Fsp3) is 0.786. The fourth-order valence-electron chi connectivity index (χ4n) is 2.17. The molecule has 0 aromatic rings. The summed E-state index contributed by atoms with van der Waals surface area (Å²) in [5.41, 5.74) is -0.551. The molecule has 1 heterocycles. The van der Waals surface area contributed by atoms with Crippen LogP contribution in [0, 0.1) is 0 Å². The maximum atomic E-state index is 12.1. The van der Waals surface area contributed by atoms with E-state index in [4.69, 9.17) is 4.74 Å². The van der Waals surface area contributed by atoms with Crippen molar-refractivity contribution in [3.8, 4) is 0 Å². The van der Waals surface area contributed by atoms with Gasteiger partial charge >= 0.3 is 5.97 Å². The van der Waals surface area contributed by atoms with Crippen LogP contribution >= 0.6 is 0 Å². The molecule has 20 heavy (non-hydrogen) atoms. The first-order chi connectivity index (χ1) is 9.20. The topological polar surface area (TPSA) is 75.7 Å². The second-order valence-electron chi connectivity index (χ2n) is 6.01. The fourth-order valence-corrected chi connectivity index (χ4v) is 2.17. The lowest BCUT2D eigenvalue weighted by Gasteiger charge is -2.27. The maximum Gasteiger partial charge on any atom is 0.329 e. The van der Waals surface area contributed by atoms with E-state index >= 15 is 0 Å². The van der Waals surface area contributed by atoms with Crippen LogP contribution in [0.15, 0.2) is 0 Å². The molecule has 6 heteroatoms. The molecule has 0 unspecified atom stereocenters. The number of likely N-dealkylation sites (tertiary alicyclic amines) is 1. The van der Waals surface area contributed by atoms with Crippen molar-refractivity contribution in [3.05, 3.63) is 0 Å². The molecule has 6 nitrogen and oxygen atoms in total. The van der Waals surface area contributed by atoms with Crippen LogP contribution < -0.4 is 5.32 Å². The van der Waals surface area contributed by atoms with Gasteiger partial charge in [-0.3, -0.25) is 9.59 Å². The number of amides is 2. The summed E-state index contributed by atoms with van der Waals surface area (Å²) in [4.78, 5) is 36.5. The van der Waals surface area contributed by atoms with E-state index in [1.807, 2.05) is 20.8 Å². The normalized spacial score (nSPS) is 18.8. The van der Waals surface area contributed by atoms with Gasteiger partial charge in [0.2, 0.25) is 11.8 Å². The molecule has 0 aromatic heterocycles. The average molecular weight is 284 g/mol. The van der Waals surface area contributed by atoms with Crippen molar-refractivity contribution in [3.63, 3.8) is 0 Å². The van der Waals surface area contributed by atoms with E-state index < -0.39 is 11.6 Å². The molecule has 0 spiro atoms. The Morgan fingerprint density at radius 1 is 1.30 bits per heavy atom. The first-order valence-electron chi connectivity index (χ1n) is 6.97. The third kappa shape index (κ3) is 5.19. The largest absolute Gasteiger partial charge is 0.458 e. The number of hydrogen-bond donors (Lipinski definition) is 1. The van der Waals surface area contributed by atoms with E-state index in [0.29, 0.717) is 19.5 Å². The number of rotatable bonds is 4. The van der Waals surface area contributed by atoms with E-state index in [1.165, 1.54) is 6.92 Å². The van der Waals surface area contributed by atoms with Gasteiger partial charge in [0.1, 0.15) is 11.6 Å². The SMILES string of the molecule is CC(=O)NCCC(=O)N1CCC[C@H]1C(=O)OC(C)(C)C. The van der Waals surface area contributed by atoms with Crippen molar-refractivity contribution in [2.45, 2.75) is 58.6 Å². The van der Waals surface area contributed by atoms with Gasteiger partial charge in [0.15, 0.2) is 0 Å². The number of hydrogen-bond acceptors (Lipinski definition) is 4. The zero-order valence-electron chi connectivity index (χ0n) is 12.7. The van der Waals surface area contributed by atoms with Gasteiger partial charge in [-0.05, 0) is 33.6 Å². The lowest BCUT2D eigenvalue weighted by molar-refractivity contribution is -0.163. The third-order valence-corrected chi connectivity index (χ3v) is 2.96. The Morgan fingerprint density at radius 3 is 2.50 bits per heavy atom. The summed E-state index contributed by atoms with van der Waals surface area (Å²) in [6.07, 6.45) is 1.65. The van der Waals surface area contributed by atoms with Gasteiger partial charge in [0, 0.05) is 26.4 Å². The van der Waals surface area contributed by atoms with Gasteiger partial charge in [-0.2, -0.15) is 0 Å². The van der Waals surface area contributed by atoms with Crippen LogP contribution in [0.25, 0.3) is 0 Å². The zero-order chi connectivity index (χ0) is 15.3. The predicted octanol–water partition coefficient (Wildman–Crippen LogP) is 0.845. The van der Waals surface area contributed by atoms with Crippen molar-refractivity contribution in [1.29, 1.82) is 0 Å². The molecular formula is C14H24N2O4. The molecule has 1 atom stereocenters. The van der Waals surface area contributed by atoms with Crippen LogP contribution in [0.2, 0.25) is 0 Å². The highest BCUT2D eigenvalue weighted by atomic mass is 16.6. The summed E-state index contributed by atoms with van der Waals surface area (Å²) in [7, 11) is 0. The minimum atomic E-state index is -0.551. The van der Waals surface area contributed by atoms with Crippen molar-refractivity contribution >= 4 is 17.8 Å². The van der Waals surface area contributed by atoms with Crippen LogP contribution in [0.4, 0.5) is 0 Å². The van der Waals surface area contributed by atoms with Gasteiger partial charge in [-0.25, -0.2) is 4.79 Å². The first kappa shape index (κ1) is 16.5. The van der Waals surface area contributed by atoms with Crippen LogP contribution in [0.5, 0.6) is 0 Å². The molecule has 0 aromatic carbocycles. The summed E-state index contributed by atoms with van der Waals surface area (Å²) in [6.45, 7) is 7.70. The van der Waals surface area contributed by atoms with E-state index in [1.54, 1.807) is 4.90 Å². The van der Waals surface area contributed by atoms with Gasteiger partial charge in [-0.15, -0.1) is 0 Å². The summed E-state index contributed by atoms with van der Waals surface area (Å²) < 4.78 is 5.34. The summed E-state index contributed by atoms with van der Waals surface area (Å²) in [6, 6.07) is -0.487. The zero-order valence-corrected chi connectivity index (χ0v) is 12.7. The van der Waals surface area contributed by atoms with Crippen LogP contribution in [-0.4, -0.2) is 47.4 Å². The molecule has 0 radical (unpaired) electrons. The molecule has 1 saturated heterocycles. The van der Waals surface area contributed by atoms with Crippen LogP contribution in [0.3, 0.4) is 0 Å². The number of esters is 1. The van der Waals surface area contributed by atoms with E-state index in [2.05, 4.69) is 5.32 Å². The predicted molar refractivity (Wildman–Crippen MR) is 73.9 cm³/mol. The molecule has 114 valence electrons. The molecule has 0 aliphatic carbocycles. The Morgan fingerprint density at radius 2 is 1.95 bits per heavy atom. The van der Waals surface area contributed by atoms with Crippen LogP contribution in [0.1, 0.15) is 47.0 Å². The molecule has 1 N–H and O–H groups in total. The first-order valence-corrected chi connectivity index (χ1v) is 6.97. The van der Waals surface area contributed by atoms with Crippen molar-refractivity contribution < 1.29 is 19.1 Å². The molecule has 1 rings (SSSR count). The highest BCUT2D eigenvalue weighted by Crippen LogP contribution is 2.21. The number of ether oxygens (including phenoxy) is 1. The Labute approximate surface area is 119 Å². The lowest BCUT2D eigenvalue weighted by atomic mass is 10.1. The van der Waals surface area contributed by atoms with Gasteiger partial charge in [0.25, 0.3) is 0 Å². The number of carbonyl (C=O) groups excluding carboxylic acids is 3. The maximum absolute atomic E-state index is 12.1. The molecule has 0 saturated carbocycles. The summed E-state index contributed by atoms with van der Waals surface area (Å²) >= 11 is 0. The Bertz CT molecular complexity index is 387. The molecule has 0 bridgehead atoms. The molecule has 1 aliphatic heterocycles. The quantitative estimate of drug-likeness (QED) is 0.776. The second kappa shape index (κ2) is 6.72. The minimum Gasteiger partial charge on any atom is -0.458 e. The van der Waals surface area contributed by atoms with Crippen molar-refractivity contribution in [2.24, 2.45) is 0 Å². The van der Waals surface area contributed by atoms with Gasteiger partial charge in [-0.1, -0.05) is 0 Å². The van der Waals surface area contributed by atoms with Crippen LogP contribution in [-0.2, 0) is 19.1 Å². The molecular weight excluding hydrogens is 260 g/mol. The molecule has 1 aliphatic rings. The Hall–Kier alpha value is -1.59. The van der Waals surface area contributed by atoms with E-state index in [-0.39, 0.29) is 24.2 Å². The summed E-state index contributed by atoms with van der Waals surface area (Å²) in [5.74, 6) is -0.627. The third-order valence-electron chi connectivity index (χ3n) is 2.96. The molecule has 2 amide bonds. The number of carbonyl (C=O) groups is 3. The minimum absolute atomic E-state index is 0.118. The number of nitrogens with one attached hydrogen (secondary N) is 1. The highest BCUT2D eigenvalue weighted by Gasteiger charge is 2.36. The monoisotopic (exact) mass is 284 g/mol. The highest BCUT2D eigenvalue weighted by molar-refractivity contribution is 5.85. The second-order valence-corrected chi connectivity index (χ2v) is 6.01.